The van der Waals surface area contributed by atoms with Crippen LogP contribution in [0.4, 0.5) is 37.0 Å². The number of methoxy groups -OCH3 is 2. The number of ether oxygens (including phenoxy) is 3. The van der Waals surface area contributed by atoms with E-state index in [9.17, 15) is 35.9 Å². The number of anilines is 1. The number of pyridine rings is 1. The lowest BCUT2D eigenvalue weighted by atomic mass is 9.96. The van der Waals surface area contributed by atoms with Gasteiger partial charge in [0.2, 0.25) is 0 Å². The molecule has 14 heteroatoms. The maximum Gasteiger partial charge on any atom is 0.416 e. The van der Waals surface area contributed by atoms with E-state index in [4.69, 9.17) is 19.2 Å². The van der Waals surface area contributed by atoms with Crippen molar-refractivity contribution in [3.8, 4) is 16.9 Å². The number of amides is 1. The van der Waals surface area contributed by atoms with Gasteiger partial charge >= 0.3 is 24.4 Å². The molecule has 0 radical (unpaired) electrons. The highest BCUT2D eigenvalue weighted by Crippen LogP contribution is 2.42. The molecule has 1 saturated heterocycles. The molecule has 3 aromatic rings. The van der Waals surface area contributed by atoms with E-state index in [1.807, 2.05) is 18.9 Å². The van der Waals surface area contributed by atoms with Gasteiger partial charge in [0.05, 0.1) is 50.0 Å². The number of hydrogen-bond acceptors (Lipinski definition) is 7. The fraction of sp³-hybridized carbons (Fsp3) is 0.406. The van der Waals surface area contributed by atoms with Crippen LogP contribution in [0, 0.1) is 0 Å². The Bertz CT molecular complexity index is 1560. The number of rotatable bonds is 10. The molecule has 2 aromatic carbocycles. The molecule has 0 saturated carbocycles. The van der Waals surface area contributed by atoms with E-state index in [1.165, 1.54) is 26.0 Å². The predicted molar refractivity (Wildman–Crippen MR) is 156 cm³/mol. The van der Waals surface area contributed by atoms with Crippen molar-refractivity contribution in [3.63, 3.8) is 0 Å². The first-order valence-electron chi connectivity index (χ1n) is 14.3. The Hall–Kier alpha value is -4.49. The summed E-state index contributed by atoms with van der Waals surface area (Å²) in [6, 6.07) is 8.82. The van der Waals surface area contributed by atoms with Crippen LogP contribution in [0.1, 0.15) is 54.3 Å². The predicted octanol–water partition coefficient (Wildman–Crippen LogP) is 7.44. The van der Waals surface area contributed by atoms with Crippen molar-refractivity contribution in [2.24, 2.45) is 0 Å². The normalized spacial score (nSPS) is 16.8. The van der Waals surface area contributed by atoms with E-state index < -0.39 is 53.3 Å². The van der Waals surface area contributed by atoms with Crippen LogP contribution in [0.2, 0.25) is 0 Å². The summed E-state index contributed by atoms with van der Waals surface area (Å²) < 4.78 is 97.2. The second-order valence-electron chi connectivity index (χ2n) is 10.9. The number of aromatic nitrogens is 1. The second-order valence-corrected chi connectivity index (χ2v) is 10.9. The van der Waals surface area contributed by atoms with Crippen LogP contribution < -0.4 is 9.64 Å². The smallest absolute Gasteiger partial charge is 0.416 e. The number of esters is 1. The number of cyclic esters (lactones) is 1. The molecule has 248 valence electrons. The molecule has 0 spiro atoms. The first kappa shape index (κ1) is 34.4. The van der Waals surface area contributed by atoms with Gasteiger partial charge in [-0.2, -0.15) is 26.3 Å². The van der Waals surface area contributed by atoms with Gasteiger partial charge in [0.25, 0.3) is 0 Å². The molecule has 1 amide bonds. The van der Waals surface area contributed by atoms with Gasteiger partial charge in [-0.15, -0.1) is 0 Å². The average Bonchev–Trinajstić information content (AvgIpc) is 3.28. The van der Waals surface area contributed by atoms with E-state index in [0.29, 0.717) is 52.6 Å². The minimum atomic E-state index is -5.06. The monoisotopic (exact) mass is 653 g/mol. The van der Waals surface area contributed by atoms with Crippen LogP contribution in [0.5, 0.6) is 5.75 Å². The van der Waals surface area contributed by atoms with Crippen molar-refractivity contribution in [1.82, 2.24) is 9.88 Å². The van der Waals surface area contributed by atoms with Gasteiger partial charge in [0.1, 0.15) is 17.7 Å². The Morgan fingerprint density at radius 3 is 2.20 bits per heavy atom. The molecule has 4 rings (SSSR count). The fourth-order valence-electron chi connectivity index (χ4n) is 5.30. The lowest BCUT2D eigenvalue weighted by Gasteiger charge is -2.25. The number of halogens is 6. The van der Waals surface area contributed by atoms with Gasteiger partial charge < -0.3 is 19.1 Å². The highest BCUT2D eigenvalue weighted by molar-refractivity contribution is 5.78. The van der Waals surface area contributed by atoms with E-state index >= 15 is 0 Å². The Kier molecular flexibility index (Phi) is 10.1. The topological polar surface area (TPSA) is 81.2 Å². The zero-order valence-corrected chi connectivity index (χ0v) is 25.8. The number of hydrogen-bond donors (Lipinski definition) is 0. The first-order valence-corrected chi connectivity index (χ1v) is 14.3. The number of nitrogens with zero attached hydrogens (tertiary/aromatic N) is 3. The summed E-state index contributed by atoms with van der Waals surface area (Å²) in [5.41, 5.74) is -1.41. The van der Waals surface area contributed by atoms with Gasteiger partial charge in [-0.3, -0.25) is 9.69 Å². The number of carbonyl (C=O) groups is 2. The minimum absolute atomic E-state index is 0.0261. The number of alkyl halides is 6. The number of benzene rings is 2. The van der Waals surface area contributed by atoms with E-state index in [2.05, 4.69) is 0 Å². The summed E-state index contributed by atoms with van der Waals surface area (Å²) in [5.74, 6) is 0.536. The fourth-order valence-corrected chi connectivity index (χ4v) is 5.30. The van der Waals surface area contributed by atoms with Gasteiger partial charge in [-0.05, 0) is 66.9 Å². The van der Waals surface area contributed by atoms with E-state index in [-0.39, 0.29) is 19.0 Å². The average molecular weight is 654 g/mol. The third-order valence-electron chi connectivity index (χ3n) is 7.69. The van der Waals surface area contributed by atoms with Crippen LogP contribution in [0.15, 0.2) is 48.5 Å². The lowest BCUT2D eigenvalue weighted by molar-refractivity contribution is -0.143. The minimum Gasteiger partial charge on any atom is -0.496 e. The SMILES string of the molecule is CCCN(C)c1ccc(-c2cc(CC(=O)OC)ccc2OC)c(CN2C(=O)O[C@H](c3cc(C(F)(F)F)cc(C(F)(F)F)c3)[C@@H]2C)n1. The van der Waals surface area contributed by atoms with Gasteiger partial charge in [0, 0.05) is 24.7 Å². The maximum atomic E-state index is 13.6. The third kappa shape index (κ3) is 7.48. The molecular formula is C32H33F6N3O5. The Labute approximate surface area is 261 Å². The molecule has 8 nitrogen and oxygen atoms in total. The van der Waals surface area contributed by atoms with Gasteiger partial charge in [-0.25, -0.2) is 9.78 Å². The molecule has 1 aliphatic rings. The zero-order chi connectivity index (χ0) is 34.0. The summed E-state index contributed by atoms with van der Waals surface area (Å²) in [4.78, 5) is 33.1. The van der Waals surface area contributed by atoms with Crippen molar-refractivity contribution in [3.05, 3.63) is 76.5 Å². The highest BCUT2D eigenvalue weighted by Gasteiger charge is 2.43. The van der Waals surface area contributed by atoms with E-state index in [1.54, 1.807) is 30.3 Å². The van der Waals surface area contributed by atoms with Crippen LogP contribution in [0.25, 0.3) is 11.1 Å². The molecule has 1 fully saturated rings. The van der Waals surface area contributed by atoms with Crippen molar-refractivity contribution < 1.29 is 50.1 Å². The van der Waals surface area contributed by atoms with Crippen LogP contribution in [-0.2, 0) is 39.6 Å². The molecule has 2 heterocycles. The second kappa shape index (κ2) is 13.5. The molecule has 2 atom stereocenters. The summed E-state index contributed by atoms with van der Waals surface area (Å²) in [5, 5.41) is 0. The quantitative estimate of drug-likeness (QED) is 0.166. The summed E-state index contributed by atoms with van der Waals surface area (Å²) in [7, 11) is 4.57. The molecule has 0 unspecified atom stereocenters. The molecule has 0 aliphatic carbocycles. The van der Waals surface area contributed by atoms with Gasteiger partial charge in [-0.1, -0.05) is 13.0 Å². The van der Waals surface area contributed by atoms with Crippen LogP contribution >= 0.6 is 0 Å². The first-order chi connectivity index (χ1) is 21.6. The van der Waals surface area contributed by atoms with Crippen LogP contribution in [-0.4, -0.2) is 55.8 Å². The van der Waals surface area contributed by atoms with Crippen molar-refractivity contribution in [2.45, 2.75) is 57.7 Å². The standard InChI is InChI=1S/C32H33F6N3O5/c1-6-11-40(3)27-10-8-23(24-12-19(13-28(42)45-5)7-9-26(24)44-4)25(39-27)17-41-18(2)29(46-30(41)43)20-14-21(31(33,34)35)16-22(15-20)32(36,37)38/h7-10,12,14-16,18,29H,6,11,13,17H2,1-5H3/t18-,29-/m0/s1. The zero-order valence-electron chi connectivity index (χ0n) is 25.8. The Morgan fingerprint density at radius 2 is 1.63 bits per heavy atom. The highest BCUT2D eigenvalue weighted by atomic mass is 19.4. The van der Waals surface area contributed by atoms with Crippen molar-refractivity contribution >= 4 is 17.9 Å². The molecule has 0 bridgehead atoms. The Balaban J connectivity index is 1.78. The molecule has 1 aromatic heterocycles. The molecule has 0 N–H and O–H groups in total. The van der Waals surface area contributed by atoms with Gasteiger partial charge in [0.15, 0.2) is 0 Å². The third-order valence-corrected chi connectivity index (χ3v) is 7.69. The summed E-state index contributed by atoms with van der Waals surface area (Å²) in [6.07, 6.45) is -11.7. The van der Waals surface area contributed by atoms with E-state index in [0.717, 1.165) is 6.42 Å². The number of carbonyl (C=O) groups excluding carboxylic acids is 2. The maximum absolute atomic E-state index is 13.6. The van der Waals surface area contributed by atoms with Crippen LogP contribution in [0.3, 0.4) is 0 Å². The van der Waals surface area contributed by atoms with Crippen molar-refractivity contribution in [1.29, 1.82) is 0 Å². The lowest BCUT2D eigenvalue weighted by Crippen LogP contribution is -2.32. The molecule has 46 heavy (non-hydrogen) atoms. The summed E-state index contributed by atoms with van der Waals surface area (Å²) >= 11 is 0. The largest absolute Gasteiger partial charge is 0.496 e. The Morgan fingerprint density at radius 1 is 0.978 bits per heavy atom. The van der Waals surface area contributed by atoms with Crippen molar-refractivity contribution in [2.75, 3.05) is 32.7 Å². The molecular weight excluding hydrogens is 620 g/mol. The summed E-state index contributed by atoms with van der Waals surface area (Å²) in [6.45, 7) is 3.93. The molecule has 1 aliphatic heterocycles.